The number of rotatable bonds is 2. The molecule has 0 spiro atoms. The largest absolute Gasteiger partial charge is 0.266 e. The van der Waals surface area contributed by atoms with Gasteiger partial charge in [0.2, 0.25) is 0 Å². The maximum absolute atomic E-state index is 12.4. The second kappa shape index (κ2) is 3.96. The molecule has 14 heavy (non-hydrogen) atoms. The Morgan fingerprint density at radius 1 is 1.36 bits per heavy atom. The molecule has 0 N–H and O–H groups in total. The lowest BCUT2D eigenvalue weighted by molar-refractivity contribution is 0.148. The molecule has 0 fully saturated rings. The molecule has 0 aliphatic rings. The standard InChI is InChI=1S/C6H3Cl2F2NO2S/c7-3-1-11-2-4(14(8,12)13)5(3)6(9)10/h1-2,6H. The Bertz CT molecular complexity index is 449. The molecule has 0 saturated carbocycles. The zero-order chi connectivity index (χ0) is 10.9. The molecule has 1 aromatic rings. The van der Waals surface area contributed by atoms with Gasteiger partial charge in [0.25, 0.3) is 15.5 Å². The lowest BCUT2D eigenvalue weighted by Crippen LogP contribution is -2.00. The summed E-state index contributed by atoms with van der Waals surface area (Å²) in [6.45, 7) is 0. The minimum absolute atomic E-state index is 0.429. The Morgan fingerprint density at radius 3 is 2.29 bits per heavy atom. The van der Waals surface area contributed by atoms with Gasteiger partial charge in [-0.25, -0.2) is 17.2 Å². The van der Waals surface area contributed by atoms with E-state index in [1.165, 1.54) is 0 Å². The average molecular weight is 262 g/mol. The van der Waals surface area contributed by atoms with Gasteiger partial charge >= 0.3 is 0 Å². The highest BCUT2D eigenvalue weighted by Gasteiger charge is 2.24. The number of hydrogen-bond donors (Lipinski definition) is 0. The first-order valence-electron chi connectivity index (χ1n) is 3.20. The third-order valence-electron chi connectivity index (χ3n) is 1.38. The van der Waals surface area contributed by atoms with E-state index >= 15 is 0 Å². The number of hydrogen-bond acceptors (Lipinski definition) is 3. The quantitative estimate of drug-likeness (QED) is 0.769. The molecule has 0 unspecified atom stereocenters. The lowest BCUT2D eigenvalue weighted by atomic mass is 10.3. The number of halogens is 4. The molecule has 1 aromatic heterocycles. The van der Waals surface area contributed by atoms with Gasteiger partial charge in [-0.05, 0) is 0 Å². The Kier molecular flexibility index (Phi) is 3.28. The van der Waals surface area contributed by atoms with Crippen LogP contribution in [0.3, 0.4) is 0 Å². The summed E-state index contributed by atoms with van der Waals surface area (Å²) in [6.07, 6.45) is -1.36. The summed E-state index contributed by atoms with van der Waals surface area (Å²) in [6, 6.07) is 0. The van der Waals surface area contributed by atoms with Crippen molar-refractivity contribution in [3.8, 4) is 0 Å². The maximum atomic E-state index is 12.4. The van der Waals surface area contributed by atoms with Crippen molar-refractivity contribution in [1.29, 1.82) is 0 Å². The summed E-state index contributed by atoms with van der Waals surface area (Å²) in [7, 11) is 0.664. The Morgan fingerprint density at radius 2 is 1.93 bits per heavy atom. The van der Waals surface area contributed by atoms with Crippen molar-refractivity contribution < 1.29 is 17.2 Å². The fourth-order valence-electron chi connectivity index (χ4n) is 0.833. The second-order valence-electron chi connectivity index (χ2n) is 2.27. The normalized spacial score (nSPS) is 12.1. The van der Waals surface area contributed by atoms with E-state index < -0.39 is 31.0 Å². The minimum Gasteiger partial charge on any atom is -0.262 e. The number of pyridine rings is 1. The van der Waals surface area contributed by atoms with Crippen LogP contribution in [0.5, 0.6) is 0 Å². The van der Waals surface area contributed by atoms with Gasteiger partial charge in [0.1, 0.15) is 4.90 Å². The SMILES string of the molecule is O=S(=O)(Cl)c1cncc(Cl)c1C(F)F. The van der Waals surface area contributed by atoms with Gasteiger partial charge in [-0.2, -0.15) is 0 Å². The fourth-order valence-corrected chi connectivity index (χ4v) is 2.15. The van der Waals surface area contributed by atoms with E-state index in [4.69, 9.17) is 22.3 Å². The van der Waals surface area contributed by atoms with E-state index in [2.05, 4.69) is 4.98 Å². The molecule has 1 rings (SSSR count). The van der Waals surface area contributed by atoms with Gasteiger partial charge in [0.15, 0.2) is 0 Å². The van der Waals surface area contributed by atoms with Crippen molar-refractivity contribution in [2.24, 2.45) is 0 Å². The predicted molar refractivity (Wildman–Crippen MR) is 47.2 cm³/mol. The minimum atomic E-state index is -4.26. The summed E-state index contributed by atoms with van der Waals surface area (Å²) in [5.74, 6) is 0. The first kappa shape index (κ1) is 11.6. The third-order valence-corrected chi connectivity index (χ3v) is 3.03. The van der Waals surface area contributed by atoms with Crippen LogP contribution in [0.15, 0.2) is 17.3 Å². The summed E-state index contributed by atoms with van der Waals surface area (Å²) in [5.41, 5.74) is -0.823. The van der Waals surface area contributed by atoms with E-state index in [0.717, 1.165) is 12.4 Å². The van der Waals surface area contributed by atoms with Crippen molar-refractivity contribution >= 4 is 31.3 Å². The maximum Gasteiger partial charge on any atom is 0.266 e. The van der Waals surface area contributed by atoms with Crippen LogP contribution < -0.4 is 0 Å². The smallest absolute Gasteiger partial charge is 0.262 e. The average Bonchev–Trinajstić information content (AvgIpc) is 2.01. The van der Waals surface area contributed by atoms with Gasteiger partial charge in [-0.15, -0.1) is 0 Å². The highest BCUT2D eigenvalue weighted by atomic mass is 35.7. The summed E-state index contributed by atoms with van der Waals surface area (Å²) < 4.78 is 46.5. The van der Waals surface area contributed by atoms with Crippen molar-refractivity contribution in [3.05, 3.63) is 23.0 Å². The van der Waals surface area contributed by atoms with E-state index in [0.29, 0.717) is 0 Å². The van der Waals surface area contributed by atoms with Crippen LogP contribution in [0, 0.1) is 0 Å². The van der Waals surface area contributed by atoms with Crippen LogP contribution in [0.2, 0.25) is 5.02 Å². The van der Waals surface area contributed by atoms with E-state index in [1.54, 1.807) is 0 Å². The lowest BCUT2D eigenvalue weighted by Gasteiger charge is -2.06. The van der Waals surface area contributed by atoms with Gasteiger partial charge < -0.3 is 0 Å². The van der Waals surface area contributed by atoms with Gasteiger partial charge in [-0.3, -0.25) is 4.98 Å². The van der Waals surface area contributed by atoms with Crippen LogP contribution in [0.25, 0.3) is 0 Å². The molecule has 0 atom stereocenters. The van der Waals surface area contributed by atoms with Crippen LogP contribution in [0.4, 0.5) is 8.78 Å². The fraction of sp³-hybridized carbons (Fsp3) is 0.167. The highest BCUT2D eigenvalue weighted by molar-refractivity contribution is 8.13. The summed E-state index contributed by atoms with van der Waals surface area (Å²) in [5, 5.41) is -0.429. The van der Waals surface area contributed by atoms with Crippen molar-refractivity contribution in [3.63, 3.8) is 0 Å². The molecule has 0 radical (unpaired) electrons. The second-order valence-corrected chi connectivity index (χ2v) is 5.21. The molecule has 0 aliphatic heterocycles. The molecule has 0 amide bonds. The molecule has 0 saturated heterocycles. The molecule has 0 aromatic carbocycles. The van der Waals surface area contributed by atoms with Crippen molar-refractivity contribution in [2.75, 3.05) is 0 Å². The predicted octanol–water partition coefficient (Wildman–Crippen LogP) is 2.60. The van der Waals surface area contributed by atoms with E-state index in [1.807, 2.05) is 0 Å². The highest BCUT2D eigenvalue weighted by Crippen LogP contribution is 2.33. The number of alkyl halides is 2. The van der Waals surface area contributed by atoms with Gasteiger partial charge in [0.05, 0.1) is 10.6 Å². The molecule has 1 heterocycles. The Labute approximate surface area is 88.1 Å². The van der Waals surface area contributed by atoms with Gasteiger partial charge in [-0.1, -0.05) is 11.6 Å². The van der Waals surface area contributed by atoms with Gasteiger partial charge in [0, 0.05) is 23.1 Å². The molecule has 0 aliphatic carbocycles. The van der Waals surface area contributed by atoms with Crippen LogP contribution >= 0.6 is 22.3 Å². The monoisotopic (exact) mass is 261 g/mol. The molecular formula is C6H3Cl2F2NO2S. The molecule has 8 heteroatoms. The molecular weight excluding hydrogens is 259 g/mol. The van der Waals surface area contributed by atoms with Crippen LogP contribution in [0.1, 0.15) is 12.0 Å². The van der Waals surface area contributed by atoms with Crippen LogP contribution in [-0.4, -0.2) is 13.4 Å². The molecule has 78 valence electrons. The summed E-state index contributed by atoms with van der Waals surface area (Å²) in [4.78, 5) is 2.60. The Hall–Kier alpha value is -0.460. The van der Waals surface area contributed by atoms with E-state index in [-0.39, 0.29) is 0 Å². The first-order valence-corrected chi connectivity index (χ1v) is 5.89. The zero-order valence-electron chi connectivity index (χ0n) is 6.42. The van der Waals surface area contributed by atoms with Crippen molar-refractivity contribution in [1.82, 2.24) is 4.98 Å². The number of aromatic nitrogens is 1. The van der Waals surface area contributed by atoms with E-state index in [9.17, 15) is 17.2 Å². The van der Waals surface area contributed by atoms with Crippen molar-refractivity contribution in [2.45, 2.75) is 11.3 Å². The number of nitrogens with zero attached hydrogens (tertiary/aromatic N) is 1. The van der Waals surface area contributed by atoms with Crippen LogP contribution in [-0.2, 0) is 9.05 Å². The molecule has 3 nitrogen and oxygen atoms in total. The summed E-state index contributed by atoms with van der Waals surface area (Å²) >= 11 is 5.36. The Balaban J connectivity index is 3.52. The third kappa shape index (κ3) is 2.31. The first-order chi connectivity index (χ1) is 6.34. The topological polar surface area (TPSA) is 47.0 Å². The molecule has 0 bridgehead atoms. The zero-order valence-corrected chi connectivity index (χ0v) is 8.74.